The number of likely N-dealkylation sites (N-methyl/N-ethyl adjacent to an activating group) is 1. The fourth-order valence-electron chi connectivity index (χ4n) is 3.04. The lowest BCUT2D eigenvalue weighted by molar-refractivity contribution is 0.402. The summed E-state index contributed by atoms with van der Waals surface area (Å²) < 4.78 is 23.2. The molecule has 1 aromatic rings. The highest BCUT2D eigenvalue weighted by Gasteiger charge is 2.33. The number of aryl methyl sites for hydroxylation is 2. The Kier molecular flexibility index (Phi) is 4.31. The average Bonchev–Trinajstić information content (AvgIpc) is 2.69. The van der Waals surface area contributed by atoms with Gasteiger partial charge in [-0.15, -0.1) is 0 Å². The van der Waals surface area contributed by atoms with E-state index in [1.165, 1.54) is 16.7 Å². The molecule has 1 N–H and O–H groups in total. The maximum atomic E-state index is 11.6. The van der Waals surface area contributed by atoms with Crippen molar-refractivity contribution in [3.8, 4) is 0 Å². The molecule has 0 bridgehead atoms. The van der Waals surface area contributed by atoms with Crippen LogP contribution in [0.2, 0.25) is 0 Å². The van der Waals surface area contributed by atoms with Crippen LogP contribution in [0.15, 0.2) is 18.2 Å². The van der Waals surface area contributed by atoms with E-state index in [0.717, 1.165) is 12.8 Å². The van der Waals surface area contributed by atoms with Crippen molar-refractivity contribution in [1.82, 2.24) is 5.32 Å². The quantitative estimate of drug-likeness (QED) is 0.916. The number of sulfone groups is 1. The Morgan fingerprint density at radius 3 is 2.42 bits per heavy atom. The van der Waals surface area contributed by atoms with Crippen molar-refractivity contribution in [2.75, 3.05) is 18.6 Å². The van der Waals surface area contributed by atoms with Crippen molar-refractivity contribution in [3.63, 3.8) is 0 Å². The van der Waals surface area contributed by atoms with Crippen molar-refractivity contribution in [3.05, 3.63) is 34.9 Å². The summed E-state index contributed by atoms with van der Waals surface area (Å²) in [5, 5.41) is 3.32. The van der Waals surface area contributed by atoms with Gasteiger partial charge < -0.3 is 5.32 Å². The highest BCUT2D eigenvalue weighted by atomic mass is 32.2. The Morgan fingerprint density at radius 2 is 1.95 bits per heavy atom. The molecule has 4 heteroatoms. The van der Waals surface area contributed by atoms with Gasteiger partial charge in [-0.3, -0.25) is 0 Å². The van der Waals surface area contributed by atoms with E-state index in [4.69, 9.17) is 0 Å². The maximum Gasteiger partial charge on any atom is 0.150 e. The molecular formula is C15H23NO2S. The molecule has 3 nitrogen and oxygen atoms in total. The van der Waals surface area contributed by atoms with Gasteiger partial charge in [0.1, 0.15) is 0 Å². The van der Waals surface area contributed by atoms with Gasteiger partial charge >= 0.3 is 0 Å². The van der Waals surface area contributed by atoms with E-state index in [2.05, 4.69) is 37.4 Å². The summed E-state index contributed by atoms with van der Waals surface area (Å²) in [6, 6.07) is 6.57. The van der Waals surface area contributed by atoms with E-state index >= 15 is 0 Å². The molecule has 2 unspecified atom stereocenters. The minimum Gasteiger partial charge on any atom is -0.316 e. The second-order valence-corrected chi connectivity index (χ2v) is 7.86. The summed E-state index contributed by atoms with van der Waals surface area (Å²) in [4.78, 5) is 0. The van der Waals surface area contributed by atoms with Crippen LogP contribution in [0.1, 0.15) is 23.1 Å². The highest BCUT2D eigenvalue weighted by Crippen LogP contribution is 2.25. The highest BCUT2D eigenvalue weighted by molar-refractivity contribution is 7.91. The van der Waals surface area contributed by atoms with Crippen LogP contribution in [-0.2, 0) is 16.3 Å². The van der Waals surface area contributed by atoms with Crippen LogP contribution in [0.5, 0.6) is 0 Å². The topological polar surface area (TPSA) is 46.2 Å². The predicted octanol–water partition coefficient (Wildman–Crippen LogP) is 1.87. The van der Waals surface area contributed by atoms with Gasteiger partial charge in [0, 0.05) is 6.04 Å². The normalized spacial score (nSPS) is 23.4. The molecule has 2 atom stereocenters. The Bertz CT molecular complexity index is 531. The largest absolute Gasteiger partial charge is 0.316 e. The van der Waals surface area contributed by atoms with E-state index in [1.54, 1.807) is 0 Å². The van der Waals surface area contributed by atoms with Gasteiger partial charge in [0.2, 0.25) is 0 Å². The number of hydrogen-bond acceptors (Lipinski definition) is 3. The van der Waals surface area contributed by atoms with E-state index < -0.39 is 9.84 Å². The minimum atomic E-state index is -2.80. The average molecular weight is 281 g/mol. The predicted molar refractivity (Wildman–Crippen MR) is 79.2 cm³/mol. The first-order valence-corrected chi connectivity index (χ1v) is 8.68. The van der Waals surface area contributed by atoms with Crippen LogP contribution >= 0.6 is 0 Å². The minimum absolute atomic E-state index is 0.244. The molecule has 0 amide bonds. The lowest BCUT2D eigenvalue weighted by Gasteiger charge is -2.24. The zero-order valence-corrected chi connectivity index (χ0v) is 12.8. The Hall–Kier alpha value is -0.870. The lowest BCUT2D eigenvalue weighted by atomic mass is 9.89. The van der Waals surface area contributed by atoms with Crippen molar-refractivity contribution in [1.29, 1.82) is 0 Å². The summed E-state index contributed by atoms with van der Waals surface area (Å²) in [5.74, 6) is 0.931. The van der Waals surface area contributed by atoms with Crippen molar-refractivity contribution < 1.29 is 8.42 Å². The molecule has 19 heavy (non-hydrogen) atoms. The second-order valence-electron chi connectivity index (χ2n) is 5.63. The SMILES string of the molecule is CNC(Cc1c(C)cccc1C)C1CCS(=O)(=O)C1. The second kappa shape index (κ2) is 5.63. The van der Waals surface area contributed by atoms with Gasteiger partial charge in [0.25, 0.3) is 0 Å². The molecule has 106 valence electrons. The van der Waals surface area contributed by atoms with Gasteiger partial charge in [0.15, 0.2) is 9.84 Å². The summed E-state index contributed by atoms with van der Waals surface area (Å²) in [6.07, 6.45) is 1.70. The zero-order valence-electron chi connectivity index (χ0n) is 11.9. The van der Waals surface area contributed by atoms with Gasteiger partial charge in [-0.25, -0.2) is 8.42 Å². The first-order chi connectivity index (χ1) is 8.93. The number of benzene rings is 1. The third kappa shape index (κ3) is 3.37. The van der Waals surface area contributed by atoms with E-state index in [9.17, 15) is 8.42 Å². The Morgan fingerprint density at radius 1 is 1.32 bits per heavy atom. The van der Waals surface area contributed by atoms with Crippen LogP contribution in [-0.4, -0.2) is 33.0 Å². The first kappa shape index (κ1) is 14.5. The molecule has 2 rings (SSSR count). The van der Waals surface area contributed by atoms with Gasteiger partial charge in [0.05, 0.1) is 11.5 Å². The smallest absolute Gasteiger partial charge is 0.150 e. The molecule has 1 aliphatic rings. The van der Waals surface area contributed by atoms with Crippen LogP contribution < -0.4 is 5.32 Å². The molecule has 0 aromatic heterocycles. The summed E-state index contributed by atoms with van der Waals surface area (Å²) in [7, 11) is -0.869. The fraction of sp³-hybridized carbons (Fsp3) is 0.600. The molecule has 1 aromatic carbocycles. The molecule has 1 saturated heterocycles. The lowest BCUT2D eigenvalue weighted by Crippen LogP contribution is -2.36. The van der Waals surface area contributed by atoms with Crippen LogP contribution in [0.3, 0.4) is 0 Å². The van der Waals surface area contributed by atoms with Crippen LogP contribution in [0.25, 0.3) is 0 Å². The van der Waals surface area contributed by atoms with Crippen molar-refractivity contribution >= 4 is 9.84 Å². The molecule has 0 saturated carbocycles. The van der Waals surface area contributed by atoms with Gasteiger partial charge in [-0.1, -0.05) is 18.2 Å². The van der Waals surface area contributed by atoms with Crippen molar-refractivity contribution in [2.24, 2.45) is 5.92 Å². The number of nitrogens with one attached hydrogen (secondary N) is 1. The molecular weight excluding hydrogens is 258 g/mol. The third-order valence-electron chi connectivity index (χ3n) is 4.28. The first-order valence-electron chi connectivity index (χ1n) is 6.86. The molecule has 1 aliphatic heterocycles. The molecule has 1 heterocycles. The summed E-state index contributed by atoms with van der Waals surface area (Å²) in [6.45, 7) is 4.25. The van der Waals surface area contributed by atoms with E-state index in [-0.39, 0.29) is 12.0 Å². The standard InChI is InChI=1S/C15H23NO2S/c1-11-5-4-6-12(2)14(11)9-15(16-3)13-7-8-19(17,18)10-13/h4-6,13,15-16H,7-10H2,1-3H3. The fourth-order valence-corrected chi connectivity index (χ4v) is 4.92. The van der Waals surface area contributed by atoms with Crippen LogP contribution in [0.4, 0.5) is 0 Å². The summed E-state index contributed by atoms with van der Waals surface area (Å²) >= 11 is 0. The molecule has 0 spiro atoms. The third-order valence-corrected chi connectivity index (χ3v) is 6.07. The van der Waals surface area contributed by atoms with Crippen LogP contribution in [0, 0.1) is 19.8 Å². The monoisotopic (exact) mass is 281 g/mol. The van der Waals surface area contributed by atoms with Gasteiger partial charge in [-0.2, -0.15) is 0 Å². The maximum absolute atomic E-state index is 11.6. The zero-order chi connectivity index (χ0) is 14.0. The molecule has 0 radical (unpaired) electrons. The number of hydrogen-bond donors (Lipinski definition) is 1. The van der Waals surface area contributed by atoms with E-state index in [0.29, 0.717) is 11.5 Å². The molecule has 0 aliphatic carbocycles. The Balaban J connectivity index is 2.16. The van der Waals surface area contributed by atoms with Crippen molar-refractivity contribution in [2.45, 2.75) is 32.7 Å². The summed E-state index contributed by atoms with van der Waals surface area (Å²) in [5.41, 5.74) is 3.94. The molecule has 1 fully saturated rings. The Labute approximate surface area is 116 Å². The van der Waals surface area contributed by atoms with Gasteiger partial charge in [-0.05, 0) is 56.3 Å². The van der Waals surface area contributed by atoms with E-state index in [1.807, 2.05) is 7.05 Å². The number of rotatable bonds is 4.